The van der Waals surface area contributed by atoms with Crippen LogP contribution in [0.4, 0.5) is 8.78 Å². The van der Waals surface area contributed by atoms with Crippen molar-refractivity contribution in [2.75, 3.05) is 18.9 Å². The maximum absolute atomic E-state index is 13.7. The number of aromatic nitrogens is 1. The van der Waals surface area contributed by atoms with Gasteiger partial charge in [0, 0.05) is 30.8 Å². The minimum absolute atomic E-state index is 0.0284. The number of carboxylic acid groups (broad SMARTS) is 1. The Bertz CT molecular complexity index is 1510. The lowest BCUT2D eigenvalue weighted by Crippen LogP contribution is -2.36. The maximum Gasteiger partial charge on any atom is 0.387 e. The van der Waals surface area contributed by atoms with Crippen molar-refractivity contribution in [3.8, 4) is 11.5 Å². The van der Waals surface area contributed by atoms with Gasteiger partial charge in [0.05, 0.1) is 12.2 Å². The molecule has 0 radical (unpaired) electrons. The Balaban J connectivity index is 1.42. The van der Waals surface area contributed by atoms with Crippen LogP contribution in [0.15, 0.2) is 54.9 Å². The van der Waals surface area contributed by atoms with Crippen LogP contribution >= 0.6 is 35.0 Å². The van der Waals surface area contributed by atoms with Crippen molar-refractivity contribution < 1.29 is 42.4 Å². The number of halogens is 4. The first-order valence-electron chi connectivity index (χ1n) is 13.7. The summed E-state index contributed by atoms with van der Waals surface area (Å²) >= 11 is 14.1. The molecule has 2 fully saturated rings. The van der Waals surface area contributed by atoms with Crippen LogP contribution in [-0.4, -0.2) is 52.8 Å². The van der Waals surface area contributed by atoms with E-state index < -0.39 is 30.0 Å². The average molecular weight is 670 g/mol. The highest BCUT2D eigenvalue weighted by Crippen LogP contribution is 2.38. The Hall–Kier alpha value is -3.32. The fourth-order valence-electron chi connectivity index (χ4n) is 4.78. The molecule has 44 heavy (non-hydrogen) atoms. The predicted molar refractivity (Wildman–Crippen MR) is 159 cm³/mol. The molecule has 2 aromatic carbocycles. The Morgan fingerprint density at radius 2 is 1.86 bits per heavy atom. The highest BCUT2D eigenvalue weighted by molar-refractivity contribution is 8.00. The molecule has 1 saturated carbocycles. The number of nitrogens with zero attached hydrogens (tertiary/aromatic N) is 2. The number of aromatic carboxylic acids is 1. The first-order chi connectivity index (χ1) is 21.1. The van der Waals surface area contributed by atoms with E-state index in [9.17, 15) is 28.7 Å². The largest absolute Gasteiger partial charge is 0.619 e. The molecule has 2 aliphatic rings. The van der Waals surface area contributed by atoms with Crippen LogP contribution in [0, 0.1) is 11.1 Å². The highest BCUT2D eigenvalue weighted by Gasteiger charge is 2.35. The van der Waals surface area contributed by atoms with Gasteiger partial charge in [0.25, 0.3) is 0 Å². The monoisotopic (exact) mass is 668 g/mol. The number of pyridine rings is 1. The molecule has 2 atom stereocenters. The molecule has 14 heteroatoms. The number of thioether (sulfide) groups is 1. The molecule has 2 unspecified atom stereocenters. The molecule has 1 aliphatic carbocycles. The van der Waals surface area contributed by atoms with Crippen LogP contribution in [0.25, 0.3) is 0 Å². The second-order valence-corrected chi connectivity index (χ2v) is 12.5. The fourth-order valence-corrected chi connectivity index (χ4v) is 6.52. The zero-order valence-corrected chi connectivity index (χ0v) is 25.5. The van der Waals surface area contributed by atoms with Crippen molar-refractivity contribution in [2.45, 2.75) is 43.9 Å². The third-order valence-electron chi connectivity index (χ3n) is 7.18. The number of carbonyl (C=O) groups excluding carboxylic acids is 1. The number of hydrogen-bond donors (Lipinski definition) is 1. The Morgan fingerprint density at radius 1 is 1.11 bits per heavy atom. The molecule has 9 nitrogen and oxygen atoms in total. The molecular formula is C30H28Cl2F2N2O7S. The standard InChI is InChI=1S/C30H28Cl2F2N2O7S/c31-22-14-36(40)15-23(32)21(22)12-25(19-6-7-24(43-30(33)34)26(11-19)41-16-17-4-5-17)42-29(39)27-35(8-9-44-27)13-18-2-1-3-20(10-18)28(37)38/h1-3,6-7,10-11,14-15,17,25,27,30H,4-5,8-9,12-13,16H2,(H,37,38). The number of ether oxygens (including phenoxy) is 3. The van der Waals surface area contributed by atoms with Crippen LogP contribution in [0.1, 0.15) is 46.0 Å². The summed E-state index contributed by atoms with van der Waals surface area (Å²) in [5.41, 5.74) is 1.64. The number of carboxylic acids is 1. The third kappa shape index (κ3) is 8.23. The van der Waals surface area contributed by atoms with Crippen LogP contribution in [0.2, 0.25) is 10.0 Å². The maximum atomic E-state index is 13.7. The fraction of sp³-hybridized carbons (Fsp3) is 0.367. The number of hydrogen-bond acceptors (Lipinski definition) is 8. The normalized spacial score (nSPS) is 17.4. The number of carbonyl (C=O) groups is 2. The molecule has 0 spiro atoms. The van der Waals surface area contributed by atoms with Crippen LogP contribution in [0.3, 0.4) is 0 Å². The summed E-state index contributed by atoms with van der Waals surface area (Å²) in [6.07, 6.45) is 3.19. The van der Waals surface area contributed by atoms with Crippen molar-refractivity contribution in [3.63, 3.8) is 0 Å². The Kier molecular flexibility index (Phi) is 10.3. The Labute approximate surface area is 266 Å². The van der Waals surface area contributed by atoms with E-state index >= 15 is 0 Å². The molecule has 1 saturated heterocycles. The van der Waals surface area contributed by atoms with E-state index in [-0.39, 0.29) is 33.5 Å². The highest BCUT2D eigenvalue weighted by atomic mass is 35.5. The molecule has 0 bridgehead atoms. The molecule has 3 aromatic rings. The predicted octanol–water partition coefficient (Wildman–Crippen LogP) is 6.12. The summed E-state index contributed by atoms with van der Waals surface area (Å²) in [6.45, 7) is -1.87. The van der Waals surface area contributed by atoms with Crippen molar-refractivity contribution in [3.05, 3.63) is 92.4 Å². The van der Waals surface area contributed by atoms with Crippen molar-refractivity contribution in [1.82, 2.24) is 4.90 Å². The van der Waals surface area contributed by atoms with Gasteiger partial charge < -0.3 is 24.5 Å². The third-order valence-corrected chi connectivity index (χ3v) is 9.06. The summed E-state index contributed by atoms with van der Waals surface area (Å²) in [5, 5.41) is 20.6. The van der Waals surface area contributed by atoms with Crippen LogP contribution < -0.4 is 14.2 Å². The lowest BCUT2D eigenvalue weighted by atomic mass is 10.0. The van der Waals surface area contributed by atoms with Crippen molar-refractivity contribution in [2.24, 2.45) is 5.92 Å². The van der Waals surface area contributed by atoms with E-state index in [4.69, 9.17) is 32.7 Å². The topological polar surface area (TPSA) is 112 Å². The van der Waals surface area contributed by atoms with Gasteiger partial charge in [0.15, 0.2) is 29.3 Å². The molecule has 5 rings (SSSR count). The van der Waals surface area contributed by atoms with E-state index in [1.54, 1.807) is 18.2 Å². The number of benzene rings is 2. The van der Waals surface area contributed by atoms with E-state index in [1.165, 1.54) is 36.0 Å². The summed E-state index contributed by atoms with van der Waals surface area (Å²) in [5.74, 6) is -0.724. The average Bonchev–Trinajstić information content (AvgIpc) is 3.69. The minimum Gasteiger partial charge on any atom is -0.619 e. The number of rotatable bonds is 13. The van der Waals surface area contributed by atoms with Gasteiger partial charge in [-0.25, -0.2) is 9.59 Å². The molecular weight excluding hydrogens is 641 g/mol. The molecule has 0 amide bonds. The number of alkyl halides is 2. The van der Waals surface area contributed by atoms with Gasteiger partial charge in [-0.3, -0.25) is 4.90 Å². The summed E-state index contributed by atoms with van der Waals surface area (Å²) in [6, 6.07) is 10.8. The zero-order valence-electron chi connectivity index (χ0n) is 23.2. The van der Waals surface area contributed by atoms with Gasteiger partial charge in [-0.15, -0.1) is 11.8 Å². The lowest BCUT2D eigenvalue weighted by molar-refractivity contribution is -0.605. The molecule has 1 N–H and O–H groups in total. The van der Waals surface area contributed by atoms with E-state index in [0.29, 0.717) is 47.2 Å². The SMILES string of the molecule is O=C(O)c1cccc(CN2CCSC2C(=O)OC(Cc2c(Cl)c[n+]([O-])cc2Cl)c2ccc(OC(F)F)c(OCC3CC3)c2)c1. The Morgan fingerprint density at radius 3 is 2.55 bits per heavy atom. The van der Waals surface area contributed by atoms with Gasteiger partial charge in [-0.2, -0.15) is 13.5 Å². The first kappa shape index (κ1) is 32.1. The second-order valence-electron chi connectivity index (χ2n) is 10.5. The first-order valence-corrected chi connectivity index (χ1v) is 15.5. The van der Waals surface area contributed by atoms with Crippen molar-refractivity contribution >= 4 is 46.9 Å². The van der Waals surface area contributed by atoms with Gasteiger partial charge >= 0.3 is 18.6 Å². The second kappa shape index (κ2) is 14.2. The van der Waals surface area contributed by atoms with E-state index in [0.717, 1.165) is 30.8 Å². The van der Waals surface area contributed by atoms with E-state index in [2.05, 4.69) is 4.74 Å². The van der Waals surface area contributed by atoms with Gasteiger partial charge in [-0.1, -0.05) is 41.4 Å². The molecule has 2 heterocycles. The summed E-state index contributed by atoms with van der Waals surface area (Å²) < 4.78 is 43.3. The van der Waals surface area contributed by atoms with Crippen LogP contribution in [-0.2, 0) is 22.5 Å². The zero-order chi connectivity index (χ0) is 31.4. The molecule has 1 aliphatic heterocycles. The minimum atomic E-state index is -3.07. The molecule has 234 valence electrons. The van der Waals surface area contributed by atoms with Gasteiger partial charge in [0.1, 0.15) is 16.1 Å². The van der Waals surface area contributed by atoms with Crippen molar-refractivity contribution in [1.29, 1.82) is 0 Å². The van der Waals surface area contributed by atoms with E-state index in [1.807, 2.05) is 4.90 Å². The van der Waals surface area contributed by atoms with Gasteiger partial charge in [-0.05, 0) is 54.2 Å². The quantitative estimate of drug-likeness (QED) is 0.131. The molecule has 1 aromatic heterocycles. The van der Waals surface area contributed by atoms with Gasteiger partial charge in [0.2, 0.25) is 0 Å². The lowest BCUT2D eigenvalue weighted by Gasteiger charge is -2.26. The smallest absolute Gasteiger partial charge is 0.387 e. The summed E-state index contributed by atoms with van der Waals surface area (Å²) in [7, 11) is 0. The summed E-state index contributed by atoms with van der Waals surface area (Å²) in [4.78, 5) is 27.0. The number of esters is 1. The van der Waals surface area contributed by atoms with Crippen LogP contribution in [0.5, 0.6) is 11.5 Å².